The van der Waals surface area contributed by atoms with Crippen molar-refractivity contribution in [1.82, 2.24) is 9.80 Å². The summed E-state index contributed by atoms with van der Waals surface area (Å²) in [6, 6.07) is 12.5. The van der Waals surface area contributed by atoms with Crippen LogP contribution in [0.1, 0.15) is 100 Å². The minimum atomic E-state index is -0.324. The molecule has 2 aliphatic rings. The van der Waals surface area contributed by atoms with Crippen LogP contribution in [0.25, 0.3) is 43.1 Å². The van der Waals surface area contributed by atoms with Gasteiger partial charge in [-0.05, 0) is 71.5 Å². The monoisotopic (exact) mass is 554 g/mol. The van der Waals surface area contributed by atoms with E-state index in [2.05, 4.69) is 5.92 Å². The Morgan fingerprint density at radius 1 is 0.548 bits per heavy atom. The molecule has 0 radical (unpaired) electrons. The van der Waals surface area contributed by atoms with E-state index >= 15 is 0 Å². The largest absolute Gasteiger partial charge is 0.271 e. The first kappa shape index (κ1) is 26.2. The van der Waals surface area contributed by atoms with Crippen LogP contribution in [0.15, 0.2) is 42.5 Å². The molecule has 0 N–H and O–H groups in total. The molecule has 5 aromatic rings. The summed E-state index contributed by atoms with van der Waals surface area (Å²) in [6.07, 6.45) is 8.79. The van der Waals surface area contributed by atoms with Gasteiger partial charge in [-0.25, -0.2) is 0 Å². The lowest BCUT2D eigenvalue weighted by molar-refractivity contribution is 0.0514. The number of carbonyl (C=O) groups excluding carboxylic acids is 4. The van der Waals surface area contributed by atoms with Crippen LogP contribution in [-0.4, -0.2) is 45.5 Å². The molecule has 6 nitrogen and oxygen atoms in total. The van der Waals surface area contributed by atoms with Gasteiger partial charge in [0.25, 0.3) is 23.6 Å². The Bertz CT molecular complexity index is 2070. The predicted octanol–water partition coefficient (Wildman–Crippen LogP) is 7.29. The molecule has 0 spiro atoms. The maximum absolute atomic E-state index is 13.9. The van der Waals surface area contributed by atoms with Crippen LogP contribution in [0.3, 0.4) is 0 Å². The van der Waals surface area contributed by atoms with Gasteiger partial charge < -0.3 is 0 Å². The zero-order valence-corrected chi connectivity index (χ0v) is 24.1. The zero-order valence-electron chi connectivity index (χ0n) is 24.1. The number of hydrogen-bond acceptors (Lipinski definition) is 4. The summed E-state index contributed by atoms with van der Waals surface area (Å²) < 4.78 is 0. The summed E-state index contributed by atoms with van der Waals surface area (Å²) in [7, 11) is 0. The van der Waals surface area contributed by atoms with Gasteiger partial charge >= 0.3 is 0 Å². The van der Waals surface area contributed by atoms with E-state index in [0.29, 0.717) is 64.3 Å². The normalized spacial score (nSPS) is 15.1. The van der Waals surface area contributed by atoms with Gasteiger partial charge in [-0.15, -0.1) is 6.42 Å². The maximum atomic E-state index is 13.9. The average molecular weight is 555 g/mol. The fourth-order valence-corrected chi connectivity index (χ4v) is 7.49. The molecule has 2 heterocycles. The summed E-state index contributed by atoms with van der Waals surface area (Å²) in [5, 5.41) is 6.06. The summed E-state index contributed by atoms with van der Waals surface area (Å²) in [5.41, 5.74) is 2.46. The van der Waals surface area contributed by atoms with Crippen molar-refractivity contribution in [3.05, 3.63) is 70.3 Å². The summed E-state index contributed by atoms with van der Waals surface area (Å²) >= 11 is 0. The van der Waals surface area contributed by atoms with Crippen LogP contribution >= 0.6 is 0 Å². The summed E-state index contributed by atoms with van der Waals surface area (Å²) in [4.78, 5) is 58.1. The highest BCUT2D eigenvalue weighted by molar-refractivity contribution is 6.42. The maximum Gasteiger partial charge on any atom is 0.261 e. The second kappa shape index (κ2) is 9.12. The Labute approximate surface area is 243 Å². The number of hydrogen-bond donors (Lipinski definition) is 0. The van der Waals surface area contributed by atoms with Crippen molar-refractivity contribution in [3.8, 4) is 12.3 Å². The van der Waals surface area contributed by atoms with Gasteiger partial charge in [0.1, 0.15) is 0 Å². The van der Waals surface area contributed by atoms with E-state index < -0.39 is 0 Å². The molecule has 7 rings (SSSR count). The van der Waals surface area contributed by atoms with Gasteiger partial charge in [0, 0.05) is 61.4 Å². The van der Waals surface area contributed by atoms with Crippen LogP contribution in [0.5, 0.6) is 0 Å². The number of fused-ring (bicyclic) bond motifs is 2. The first-order chi connectivity index (χ1) is 20.3. The first-order valence-corrected chi connectivity index (χ1v) is 14.8. The van der Waals surface area contributed by atoms with Crippen LogP contribution < -0.4 is 0 Å². The minimum absolute atomic E-state index is 0.181. The molecule has 208 valence electrons. The molecule has 0 bridgehead atoms. The molecule has 0 aliphatic carbocycles. The van der Waals surface area contributed by atoms with Gasteiger partial charge in [-0.1, -0.05) is 51.8 Å². The van der Waals surface area contributed by atoms with Crippen molar-refractivity contribution in [2.75, 3.05) is 0 Å². The molecule has 6 heteroatoms. The Kier molecular flexibility index (Phi) is 5.68. The SMILES string of the molecule is C#Cc1cc2c3c(ccc4c5ccc6c7c(ccc(c1c34)c75)C(=O)N(C(CC)CC)C6=O)C(=O)N(C(CC)CC)C2=O. The molecule has 0 fully saturated rings. The van der Waals surface area contributed by atoms with Gasteiger partial charge in [-0.2, -0.15) is 0 Å². The highest BCUT2D eigenvalue weighted by atomic mass is 16.2. The van der Waals surface area contributed by atoms with Crippen LogP contribution in [0, 0.1) is 12.3 Å². The Balaban J connectivity index is 1.62. The molecule has 0 aromatic heterocycles. The zero-order chi connectivity index (χ0) is 29.6. The molecule has 0 unspecified atom stereocenters. The predicted molar refractivity (Wildman–Crippen MR) is 165 cm³/mol. The second-order valence-electron chi connectivity index (χ2n) is 11.4. The minimum Gasteiger partial charge on any atom is -0.271 e. The Morgan fingerprint density at radius 3 is 1.40 bits per heavy atom. The van der Waals surface area contributed by atoms with E-state index in [-0.39, 0.29) is 35.7 Å². The summed E-state index contributed by atoms with van der Waals surface area (Å²) in [6.45, 7) is 7.93. The van der Waals surface area contributed by atoms with Gasteiger partial charge in [0.05, 0.1) is 0 Å². The molecule has 2 aliphatic heterocycles. The Morgan fingerprint density at radius 2 is 0.952 bits per heavy atom. The number of benzene rings is 5. The van der Waals surface area contributed by atoms with Crippen molar-refractivity contribution in [1.29, 1.82) is 0 Å². The first-order valence-electron chi connectivity index (χ1n) is 14.8. The fourth-order valence-electron chi connectivity index (χ4n) is 7.49. The Hall–Kier alpha value is -4.76. The van der Waals surface area contributed by atoms with E-state index in [1.54, 1.807) is 18.2 Å². The number of imide groups is 2. The van der Waals surface area contributed by atoms with Crippen LogP contribution in [0.2, 0.25) is 0 Å². The number of nitrogens with zero attached hydrogens (tertiary/aromatic N) is 2. The number of rotatable bonds is 6. The van der Waals surface area contributed by atoms with Crippen LogP contribution in [0.4, 0.5) is 0 Å². The van der Waals surface area contributed by atoms with E-state index in [4.69, 9.17) is 6.42 Å². The van der Waals surface area contributed by atoms with E-state index in [1.165, 1.54) is 9.80 Å². The van der Waals surface area contributed by atoms with Crippen molar-refractivity contribution in [2.45, 2.75) is 65.5 Å². The van der Waals surface area contributed by atoms with E-state index in [1.807, 2.05) is 52.0 Å². The van der Waals surface area contributed by atoms with Gasteiger partial charge in [-0.3, -0.25) is 29.0 Å². The van der Waals surface area contributed by atoms with Crippen molar-refractivity contribution < 1.29 is 19.2 Å². The standard InChI is InChI=1S/C36H30N2O4/c1-6-18-17-27-31-26(35(41)38(36(27)42)20(9-4)10-5)15-12-22-21-11-14-24-30-25(16-13-23(29(21)30)28(18)32(22)31)34(40)37(33(24)39)19(7-2)8-3/h1,11-17,19-20H,7-10H2,2-5H3. The smallest absolute Gasteiger partial charge is 0.261 e. The van der Waals surface area contributed by atoms with Crippen molar-refractivity contribution in [3.63, 3.8) is 0 Å². The third-order valence-electron chi connectivity index (χ3n) is 9.57. The average Bonchev–Trinajstić information content (AvgIpc) is 3.01. The lowest BCUT2D eigenvalue weighted by Crippen LogP contribution is -2.46. The van der Waals surface area contributed by atoms with Gasteiger partial charge in [0.2, 0.25) is 0 Å². The molecule has 0 atom stereocenters. The molecule has 0 saturated carbocycles. The number of amides is 4. The highest BCUT2D eigenvalue weighted by Crippen LogP contribution is 2.47. The third-order valence-corrected chi connectivity index (χ3v) is 9.57. The third kappa shape index (κ3) is 3.06. The summed E-state index contributed by atoms with van der Waals surface area (Å²) in [5.74, 6) is 1.63. The lowest BCUT2D eigenvalue weighted by Gasteiger charge is -2.34. The van der Waals surface area contributed by atoms with Crippen molar-refractivity contribution >= 4 is 66.7 Å². The van der Waals surface area contributed by atoms with Gasteiger partial charge in [0.15, 0.2) is 0 Å². The molecule has 42 heavy (non-hydrogen) atoms. The molecular formula is C36H30N2O4. The lowest BCUT2D eigenvalue weighted by atomic mass is 9.80. The van der Waals surface area contributed by atoms with Crippen molar-refractivity contribution in [2.24, 2.45) is 0 Å². The fraction of sp³-hybridized carbons (Fsp3) is 0.278. The molecule has 5 aromatic carbocycles. The number of terminal acetylenes is 1. The number of carbonyl (C=O) groups is 4. The van der Waals surface area contributed by atoms with E-state index in [9.17, 15) is 19.2 Å². The second-order valence-corrected chi connectivity index (χ2v) is 11.4. The molecule has 0 saturated heterocycles. The van der Waals surface area contributed by atoms with Crippen LogP contribution in [-0.2, 0) is 0 Å². The van der Waals surface area contributed by atoms with E-state index in [0.717, 1.165) is 32.3 Å². The molecule has 4 amide bonds. The quantitative estimate of drug-likeness (QED) is 0.0956. The molecular weight excluding hydrogens is 524 g/mol. The highest BCUT2D eigenvalue weighted by Gasteiger charge is 2.40. The topological polar surface area (TPSA) is 74.8 Å².